The van der Waals surface area contributed by atoms with Gasteiger partial charge < -0.3 is 5.32 Å². The molecule has 2 aromatic rings. The van der Waals surface area contributed by atoms with E-state index in [1.165, 1.54) is 0 Å². The Kier molecular flexibility index (Phi) is 4.60. The van der Waals surface area contributed by atoms with Crippen LogP contribution in [0.25, 0.3) is 0 Å². The van der Waals surface area contributed by atoms with Crippen molar-refractivity contribution in [1.29, 1.82) is 0 Å². The van der Waals surface area contributed by atoms with E-state index < -0.39 is 0 Å². The first-order valence-corrected chi connectivity index (χ1v) is 6.63. The molecule has 0 aromatic carbocycles. The van der Waals surface area contributed by atoms with Crippen LogP contribution < -0.4 is 10.6 Å². The summed E-state index contributed by atoms with van der Waals surface area (Å²) in [7, 11) is 2.69. The Balaban J connectivity index is 1.88. The first-order valence-electron chi connectivity index (χ1n) is 5.26. The Labute approximate surface area is 111 Å². The molecule has 1 unspecified atom stereocenters. The van der Waals surface area contributed by atoms with Gasteiger partial charge in [0.05, 0.1) is 11.4 Å². The molecule has 0 saturated heterocycles. The zero-order chi connectivity index (χ0) is 12.1. The lowest BCUT2D eigenvalue weighted by molar-refractivity contribution is 0.670. The highest BCUT2D eigenvalue weighted by molar-refractivity contribution is 9.10. The van der Waals surface area contributed by atoms with E-state index in [-0.39, 0.29) is 0 Å². The predicted molar refractivity (Wildman–Crippen MR) is 76.1 cm³/mol. The number of nitrogens with one attached hydrogen (secondary N) is 1. The van der Waals surface area contributed by atoms with Crippen LogP contribution >= 0.6 is 25.2 Å². The van der Waals surface area contributed by atoms with Crippen LogP contribution in [0.4, 0.5) is 0 Å². The van der Waals surface area contributed by atoms with Crippen molar-refractivity contribution in [2.45, 2.75) is 13.1 Å². The third-order valence-electron chi connectivity index (χ3n) is 2.31. The zero-order valence-corrected chi connectivity index (χ0v) is 12.0. The van der Waals surface area contributed by atoms with E-state index in [1.807, 2.05) is 30.5 Å². The monoisotopic (exact) mass is 309 g/mol. The highest BCUT2D eigenvalue weighted by atomic mass is 79.9. The van der Waals surface area contributed by atoms with Crippen molar-refractivity contribution in [2.75, 3.05) is 0 Å². The van der Waals surface area contributed by atoms with E-state index in [0.717, 1.165) is 34.3 Å². The maximum atomic E-state index is 4.31. The quantitative estimate of drug-likeness (QED) is 0.878. The van der Waals surface area contributed by atoms with Gasteiger partial charge in [-0.1, -0.05) is 6.07 Å². The summed E-state index contributed by atoms with van der Waals surface area (Å²) in [4.78, 5) is 8.61. The summed E-state index contributed by atoms with van der Waals surface area (Å²) in [6, 6.07) is 7.96. The molecule has 17 heavy (non-hydrogen) atoms. The molecule has 2 aromatic heterocycles. The van der Waals surface area contributed by atoms with E-state index in [9.17, 15) is 0 Å². The lowest BCUT2D eigenvalue weighted by Gasteiger charge is -2.06. The van der Waals surface area contributed by atoms with E-state index in [1.54, 1.807) is 6.20 Å². The molecule has 0 aliphatic heterocycles. The Morgan fingerprint density at radius 3 is 2.76 bits per heavy atom. The SMILES string of the molecule is Pc1cccnc1CNCc1ccc(Br)cn1. The molecule has 0 spiro atoms. The van der Waals surface area contributed by atoms with Crippen molar-refractivity contribution in [1.82, 2.24) is 15.3 Å². The second-order valence-corrected chi connectivity index (χ2v) is 5.15. The number of hydrogen-bond acceptors (Lipinski definition) is 3. The lowest BCUT2D eigenvalue weighted by Crippen LogP contribution is -2.18. The first-order chi connectivity index (χ1) is 8.25. The molecular weight excluding hydrogens is 297 g/mol. The lowest BCUT2D eigenvalue weighted by atomic mass is 10.3. The fourth-order valence-electron chi connectivity index (χ4n) is 1.42. The number of aromatic nitrogens is 2. The van der Waals surface area contributed by atoms with Crippen LogP contribution in [0.2, 0.25) is 0 Å². The molecule has 2 heterocycles. The Hall–Kier alpha value is -0.830. The van der Waals surface area contributed by atoms with Crippen molar-refractivity contribution >= 4 is 30.5 Å². The van der Waals surface area contributed by atoms with Gasteiger partial charge in [-0.15, -0.1) is 9.24 Å². The molecule has 2 rings (SSSR count). The molecule has 88 valence electrons. The van der Waals surface area contributed by atoms with E-state index in [0.29, 0.717) is 0 Å². The number of rotatable bonds is 4. The first kappa shape index (κ1) is 12.6. The molecule has 1 N–H and O–H groups in total. The number of halogens is 1. The third kappa shape index (κ3) is 3.84. The van der Waals surface area contributed by atoms with Crippen LogP contribution in [0, 0.1) is 0 Å². The summed E-state index contributed by atoms with van der Waals surface area (Å²) in [6.45, 7) is 1.49. The van der Waals surface area contributed by atoms with Gasteiger partial charge in [-0.05, 0) is 39.4 Å². The molecule has 0 saturated carbocycles. The standard InChI is InChI=1S/C12H13BrN3P/c13-9-3-4-10(16-6-9)7-14-8-11-12(17)2-1-5-15-11/h1-6,14H,7-8,17H2. The van der Waals surface area contributed by atoms with Gasteiger partial charge in [0, 0.05) is 30.0 Å². The summed E-state index contributed by atoms with van der Waals surface area (Å²) in [5.41, 5.74) is 2.07. The summed E-state index contributed by atoms with van der Waals surface area (Å²) >= 11 is 3.36. The van der Waals surface area contributed by atoms with Crippen LogP contribution in [0.1, 0.15) is 11.4 Å². The normalized spacial score (nSPS) is 10.5. The summed E-state index contributed by atoms with van der Waals surface area (Å²) in [5.74, 6) is 0. The fourth-order valence-corrected chi connectivity index (χ4v) is 1.94. The van der Waals surface area contributed by atoms with Gasteiger partial charge in [-0.25, -0.2) is 0 Å². The second-order valence-electron chi connectivity index (χ2n) is 3.61. The molecule has 3 nitrogen and oxygen atoms in total. The maximum absolute atomic E-state index is 4.31. The van der Waals surface area contributed by atoms with Crippen LogP contribution in [0.3, 0.4) is 0 Å². The van der Waals surface area contributed by atoms with Gasteiger partial charge in [0.2, 0.25) is 0 Å². The van der Waals surface area contributed by atoms with Crippen molar-refractivity contribution < 1.29 is 0 Å². The minimum Gasteiger partial charge on any atom is -0.305 e. The summed E-state index contributed by atoms with van der Waals surface area (Å²) < 4.78 is 0.998. The Bertz CT molecular complexity index is 487. The van der Waals surface area contributed by atoms with Gasteiger partial charge in [0.15, 0.2) is 0 Å². The molecule has 0 radical (unpaired) electrons. The Morgan fingerprint density at radius 2 is 2.06 bits per heavy atom. The van der Waals surface area contributed by atoms with Crippen molar-refractivity contribution in [3.8, 4) is 0 Å². The minimum absolute atomic E-state index is 0.744. The molecule has 0 fully saturated rings. The van der Waals surface area contributed by atoms with Crippen molar-refractivity contribution in [3.05, 3.63) is 52.5 Å². The molecular formula is C12H13BrN3P. The Morgan fingerprint density at radius 1 is 1.18 bits per heavy atom. The minimum atomic E-state index is 0.744. The topological polar surface area (TPSA) is 37.8 Å². The molecule has 0 amide bonds. The van der Waals surface area contributed by atoms with Gasteiger partial charge >= 0.3 is 0 Å². The second kappa shape index (κ2) is 6.20. The molecule has 0 aliphatic rings. The number of hydrogen-bond donors (Lipinski definition) is 1. The van der Waals surface area contributed by atoms with Crippen LogP contribution in [-0.2, 0) is 13.1 Å². The summed E-state index contributed by atoms with van der Waals surface area (Å²) in [6.07, 6.45) is 3.61. The smallest absolute Gasteiger partial charge is 0.0613 e. The molecule has 5 heteroatoms. The fraction of sp³-hybridized carbons (Fsp3) is 0.167. The molecule has 0 bridgehead atoms. The van der Waals surface area contributed by atoms with Gasteiger partial charge in [0.25, 0.3) is 0 Å². The van der Waals surface area contributed by atoms with Crippen LogP contribution in [0.5, 0.6) is 0 Å². The largest absolute Gasteiger partial charge is 0.305 e. The summed E-state index contributed by atoms with van der Waals surface area (Å²) in [5, 5.41) is 4.45. The number of pyridine rings is 2. The van der Waals surface area contributed by atoms with E-state index >= 15 is 0 Å². The highest BCUT2D eigenvalue weighted by Crippen LogP contribution is 2.07. The van der Waals surface area contributed by atoms with Crippen molar-refractivity contribution in [2.24, 2.45) is 0 Å². The van der Waals surface area contributed by atoms with E-state index in [2.05, 4.69) is 40.5 Å². The number of nitrogens with zero attached hydrogens (tertiary/aromatic N) is 2. The van der Waals surface area contributed by atoms with Crippen LogP contribution in [0.15, 0.2) is 41.1 Å². The third-order valence-corrected chi connectivity index (χ3v) is 3.31. The molecule has 1 atom stereocenters. The average Bonchev–Trinajstić information content (AvgIpc) is 2.34. The van der Waals surface area contributed by atoms with Gasteiger partial charge in [0.1, 0.15) is 0 Å². The van der Waals surface area contributed by atoms with Gasteiger partial charge in [-0.2, -0.15) is 0 Å². The average molecular weight is 310 g/mol. The van der Waals surface area contributed by atoms with Crippen molar-refractivity contribution in [3.63, 3.8) is 0 Å². The molecule has 0 aliphatic carbocycles. The maximum Gasteiger partial charge on any atom is 0.0613 e. The van der Waals surface area contributed by atoms with Gasteiger partial charge in [-0.3, -0.25) is 9.97 Å². The predicted octanol–water partition coefficient (Wildman–Crippen LogP) is 2.03. The zero-order valence-electron chi connectivity index (χ0n) is 9.23. The van der Waals surface area contributed by atoms with Crippen LogP contribution in [-0.4, -0.2) is 9.97 Å². The van der Waals surface area contributed by atoms with E-state index in [4.69, 9.17) is 0 Å². The highest BCUT2D eigenvalue weighted by Gasteiger charge is 1.99.